The van der Waals surface area contributed by atoms with Gasteiger partial charge in [-0.15, -0.1) is 0 Å². The van der Waals surface area contributed by atoms with Crippen LogP contribution in [0, 0.1) is 11.8 Å². The van der Waals surface area contributed by atoms with Crippen molar-refractivity contribution in [2.75, 3.05) is 6.61 Å². The standard InChI is InChI=1S/C19H22O3S/c1-4-13(20)10-22-16-9-15-18(21)14-7-5-6-8-17(14)23-19(15)12(3)11(16)2/h5-9,11,13,15,20H,4,10H2,1-3H3. The number of rotatable bonds is 4. The number of aliphatic hydroxyl groups is 1. The average Bonchev–Trinajstić information content (AvgIpc) is 2.57. The molecule has 1 N–H and O–H groups in total. The summed E-state index contributed by atoms with van der Waals surface area (Å²) in [6.07, 6.45) is 2.14. The van der Waals surface area contributed by atoms with E-state index in [2.05, 4.69) is 13.8 Å². The maximum Gasteiger partial charge on any atom is 0.175 e. The van der Waals surface area contributed by atoms with E-state index in [9.17, 15) is 9.90 Å². The molecule has 0 bridgehead atoms. The van der Waals surface area contributed by atoms with Crippen molar-refractivity contribution in [1.82, 2.24) is 0 Å². The van der Waals surface area contributed by atoms with Gasteiger partial charge < -0.3 is 9.84 Å². The summed E-state index contributed by atoms with van der Waals surface area (Å²) >= 11 is 1.70. The van der Waals surface area contributed by atoms with Crippen LogP contribution in [0.3, 0.4) is 0 Å². The van der Waals surface area contributed by atoms with Gasteiger partial charge in [0, 0.05) is 21.3 Å². The summed E-state index contributed by atoms with van der Waals surface area (Å²) in [5.41, 5.74) is 1.98. The first-order chi connectivity index (χ1) is 11.0. The highest BCUT2D eigenvalue weighted by atomic mass is 32.2. The number of benzene rings is 1. The van der Waals surface area contributed by atoms with E-state index in [0.717, 1.165) is 21.1 Å². The number of ketones is 1. The lowest BCUT2D eigenvalue weighted by atomic mass is 9.84. The van der Waals surface area contributed by atoms with Gasteiger partial charge in [-0.05, 0) is 25.5 Å². The molecule has 0 saturated heterocycles. The van der Waals surface area contributed by atoms with E-state index in [0.29, 0.717) is 6.42 Å². The third-order valence-electron chi connectivity index (χ3n) is 4.65. The Morgan fingerprint density at radius 3 is 2.83 bits per heavy atom. The van der Waals surface area contributed by atoms with Crippen molar-refractivity contribution in [2.45, 2.75) is 38.2 Å². The van der Waals surface area contributed by atoms with Crippen LogP contribution in [0.4, 0.5) is 0 Å². The highest BCUT2D eigenvalue weighted by Gasteiger charge is 2.37. The van der Waals surface area contributed by atoms with Gasteiger partial charge in [0.25, 0.3) is 0 Å². The quantitative estimate of drug-likeness (QED) is 0.899. The van der Waals surface area contributed by atoms with E-state index >= 15 is 0 Å². The normalized spacial score (nSPS) is 24.7. The predicted octanol–water partition coefficient (Wildman–Crippen LogP) is 4.19. The van der Waals surface area contributed by atoms with Gasteiger partial charge >= 0.3 is 0 Å². The molecule has 3 rings (SSSR count). The Bertz CT molecular complexity index is 690. The van der Waals surface area contributed by atoms with E-state index in [4.69, 9.17) is 4.74 Å². The number of allylic oxidation sites excluding steroid dienone is 3. The lowest BCUT2D eigenvalue weighted by Crippen LogP contribution is -2.27. The van der Waals surface area contributed by atoms with Crippen molar-refractivity contribution >= 4 is 17.5 Å². The molecule has 3 nitrogen and oxygen atoms in total. The van der Waals surface area contributed by atoms with Crippen LogP contribution in [0.5, 0.6) is 0 Å². The van der Waals surface area contributed by atoms with Crippen molar-refractivity contribution in [2.24, 2.45) is 11.8 Å². The van der Waals surface area contributed by atoms with Crippen molar-refractivity contribution in [3.63, 3.8) is 0 Å². The molecule has 1 aromatic rings. The number of ether oxygens (including phenoxy) is 1. The lowest BCUT2D eigenvalue weighted by molar-refractivity contribution is 0.0599. The Balaban J connectivity index is 1.92. The second-order valence-electron chi connectivity index (χ2n) is 6.15. The maximum absolute atomic E-state index is 12.8. The Labute approximate surface area is 141 Å². The Kier molecular flexibility index (Phi) is 4.64. The summed E-state index contributed by atoms with van der Waals surface area (Å²) in [5.74, 6) is 0.825. The first kappa shape index (κ1) is 16.3. The monoisotopic (exact) mass is 330 g/mol. The molecule has 0 radical (unpaired) electrons. The summed E-state index contributed by atoms with van der Waals surface area (Å²) < 4.78 is 5.82. The first-order valence-electron chi connectivity index (χ1n) is 8.07. The molecule has 0 amide bonds. The van der Waals surface area contributed by atoms with Crippen LogP contribution in [0.2, 0.25) is 0 Å². The molecule has 23 heavy (non-hydrogen) atoms. The summed E-state index contributed by atoms with van der Waals surface area (Å²) in [4.78, 5) is 15.0. The highest BCUT2D eigenvalue weighted by Crippen LogP contribution is 2.48. The van der Waals surface area contributed by atoms with Crippen molar-refractivity contribution < 1.29 is 14.6 Å². The maximum atomic E-state index is 12.8. The molecule has 0 aromatic heterocycles. The summed E-state index contributed by atoms with van der Waals surface area (Å²) in [7, 11) is 0. The third kappa shape index (κ3) is 2.98. The molecule has 1 heterocycles. The number of hydrogen-bond acceptors (Lipinski definition) is 4. The Morgan fingerprint density at radius 2 is 2.09 bits per heavy atom. The number of carbonyl (C=O) groups is 1. The van der Waals surface area contributed by atoms with E-state index in [-0.39, 0.29) is 24.2 Å². The molecule has 2 aliphatic rings. The predicted molar refractivity (Wildman–Crippen MR) is 92.3 cm³/mol. The van der Waals surface area contributed by atoms with Gasteiger partial charge in [0.1, 0.15) is 12.4 Å². The zero-order valence-corrected chi connectivity index (χ0v) is 14.5. The largest absolute Gasteiger partial charge is 0.495 e. The van der Waals surface area contributed by atoms with Crippen molar-refractivity contribution in [3.05, 3.63) is 52.1 Å². The van der Waals surface area contributed by atoms with E-state index in [1.165, 1.54) is 5.57 Å². The average molecular weight is 330 g/mol. The number of carbonyl (C=O) groups excluding carboxylic acids is 1. The van der Waals surface area contributed by atoms with Crippen LogP contribution in [0.25, 0.3) is 0 Å². The summed E-state index contributed by atoms with van der Waals surface area (Å²) in [6, 6.07) is 7.78. The smallest absolute Gasteiger partial charge is 0.175 e. The number of hydrogen-bond donors (Lipinski definition) is 1. The van der Waals surface area contributed by atoms with Crippen LogP contribution in [-0.4, -0.2) is 23.6 Å². The van der Waals surface area contributed by atoms with Crippen molar-refractivity contribution in [3.8, 4) is 0 Å². The molecular formula is C19H22O3S. The zero-order valence-electron chi connectivity index (χ0n) is 13.7. The summed E-state index contributed by atoms with van der Waals surface area (Å²) in [6.45, 7) is 6.37. The molecule has 3 unspecified atom stereocenters. The molecule has 3 atom stereocenters. The van der Waals surface area contributed by atoms with Crippen LogP contribution in [0.1, 0.15) is 37.6 Å². The van der Waals surface area contributed by atoms with Crippen LogP contribution in [0.15, 0.2) is 51.5 Å². The minimum absolute atomic E-state index is 0.135. The molecule has 0 spiro atoms. The number of thioether (sulfide) groups is 1. The molecule has 1 aromatic carbocycles. The minimum atomic E-state index is -0.467. The minimum Gasteiger partial charge on any atom is -0.495 e. The van der Waals surface area contributed by atoms with Gasteiger partial charge in [0.15, 0.2) is 5.78 Å². The molecular weight excluding hydrogens is 308 g/mol. The van der Waals surface area contributed by atoms with Crippen LogP contribution < -0.4 is 0 Å². The zero-order chi connectivity index (χ0) is 16.6. The van der Waals surface area contributed by atoms with Gasteiger partial charge in [0.05, 0.1) is 12.0 Å². The van der Waals surface area contributed by atoms with Crippen molar-refractivity contribution in [1.29, 1.82) is 0 Å². The van der Waals surface area contributed by atoms with E-state index < -0.39 is 6.10 Å². The van der Waals surface area contributed by atoms with Crippen LogP contribution in [-0.2, 0) is 4.74 Å². The first-order valence-corrected chi connectivity index (χ1v) is 8.88. The second kappa shape index (κ2) is 6.54. The Hall–Kier alpha value is -1.52. The molecule has 4 heteroatoms. The molecule has 122 valence electrons. The van der Waals surface area contributed by atoms with Crippen LogP contribution >= 0.6 is 11.8 Å². The fraction of sp³-hybridized carbons (Fsp3) is 0.421. The number of aliphatic hydroxyl groups excluding tert-OH is 1. The molecule has 0 fully saturated rings. The molecule has 1 aliphatic carbocycles. The summed E-state index contributed by atoms with van der Waals surface area (Å²) in [5, 5.41) is 9.72. The lowest BCUT2D eigenvalue weighted by Gasteiger charge is -2.33. The van der Waals surface area contributed by atoms with E-state index in [1.54, 1.807) is 11.8 Å². The van der Waals surface area contributed by atoms with Gasteiger partial charge in [-0.25, -0.2) is 0 Å². The second-order valence-corrected chi connectivity index (χ2v) is 7.23. The SMILES string of the molecule is CCC(O)COC1=CC2C(=O)c3ccccc3SC2=C(C)C1C. The highest BCUT2D eigenvalue weighted by molar-refractivity contribution is 8.03. The van der Waals surface area contributed by atoms with E-state index in [1.807, 2.05) is 37.3 Å². The molecule has 1 aliphatic heterocycles. The fourth-order valence-corrected chi connectivity index (χ4v) is 4.23. The third-order valence-corrected chi connectivity index (χ3v) is 6.02. The molecule has 0 saturated carbocycles. The topological polar surface area (TPSA) is 46.5 Å². The fourth-order valence-electron chi connectivity index (χ4n) is 2.92. The number of fused-ring (bicyclic) bond motifs is 2. The Morgan fingerprint density at radius 1 is 1.35 bits per heavy atom. The van der Waals surface area contributed by atoms with Gasteiger partial charge in [-0.3, -0.25) is 4.79 Å². The number of Topliss-reactive ketones (excluding diaryl/α,β-unsaturated/α-hetero) is 1. The van der Waals surface area contributed by atoms with Gasteiger partial charge in [0.2, 0.25) is 0 Å². The van der Waals surface area contributed by atoms with Gasteiger partial charge in [-0.2, -0.15) is 0 Å². The van der Waals surface area contributed by atoms with Gasteiger partial charge in [-0.1, -0.05) is 49.4 Å².